The molecular formula is C15H13FN2S. The highest BCUT2D eigenvalue weighted by Crippen LogP contribution is 2.29. The van der Waals surface area contributed by atoms with E-state index in [1.54, 1.807) is 24.3 Å². The summed E-state index contributed by atoms with van der Waals surface area (Å²) in [6.45, 7) is 3.81. The molecule has 3 rings (SSSR count). The summed E-state index contributed by atoms with van der Waals surface area (Å²) in [5.41, 5.74) is 3.54. The third kappa shape index (κ3) is 2.44. The van der Waals surface area contributed by atoms with Crippen LogP contribution in [0.2, 0.25) is 0 Å². The molecule has 0 fully saturated rings. The maximum Gasteiger partial charge on any atom is 0.188 e. The molecule has 1 heterocycles. The molecule has 3 aromatic rings. The number of hydrogen-bond acceptors (Lipinski definition) is 3. The largest absolute Gasteiger partial charge is 0.331 e. The number of hydrogen-bond donors (Lipinski definition) is 1. The van der Waals surface area contributed by atoms with Crippen LogP contribution in [0, 0.1) is 19.7 Å². The topological polar surface area (TPSA) is 24.9 Å². The van der Waals surface area contributed by atoms with Crippen LogP contribution in [0.3, 0.4) is 0 Å². The van der Waals surface area contributed by atoms with Crippen LogP contribution >= 0.6 is 11.3 Å². The summed E-state index contributed by atoms with van der Waals surface area (Å²) < 4.78 is 14.6. The van der Waals surface area contributed by atoms with E-state index in [9.17, 15) is 4.39 Å². The molecule has 0 amide bonds. The van der Waals surface area contributed by atoms with E-state index in [1.807, 2.05) is 18.2 Å². The van der Waals surface area contributed by atoms with Crippen molar-refractivity contribution >= 4 is 32.4 Å². The van der Waals surface area contributed by atoms with Gasteiger partial charge < -0.3 is 5.32 Å². The standard InChI is InChI=1S/C15H13FN2S/c1-9-3-6-13-14(7-9)19-15(18-13)17-11-5-4-10(2)12(16)8-11/h3-8H,1-2H3,(H,17,18). The van der Waals surface area contributed by atoms with E-state index in [0.717, 1.165) is 21.0 Å². The lowest BCUT2D eigenvalue weighted by molar-refractivity contribution is 0.619. The first-order valence-electron chi connectivity index (χ1n) is 6.02. The molecule has 0 saturated heterocycles. The van der Waals surface area contributed by atoms with Gasteiger partial charge in [0, 0.05) is 5.69 Å². The lowest BCUT2D eigenvalue weighted by atomic mass is 10.2. The fraction of sp³-hybridized carbons (Fsp3) is 0.133. The number of anilines is 2. The molecule has 4 heteroatoms. The summed E-state index contributed by atoms with van der Waals surface area (Å²) in [5, 5.41) is 3.93. The number of halogens is 1. The SMILES string of the molecule is Cc1ccc2nc(Nc3ccc(C)c(F)c3)sc2c1. The van der Waals surface area contributed by atoms with Crippen LogP contribution in [-0.2, 0) is 0 Å². The Kier molecular flexibility index (Phi) is 2.95. The normalized spacial score (nSPS) is 10.9. The van der Waals surface area contributed by atoms with E-state index in [4.69, 9.17) is 0 Å². The van der Waals surface area contributed by atoms with Gasteiger partial charge in [-0.25, -0.2) is 9.37 Å². The fourth-order valence-corrected chi connectivity index (χ4v) is 2.86. The van der Waals surface area contributed by atoms with Crippen LogP contribution < -0.4 is 5.32 Å². The van der Waals surface area contributed by atoms with Crippen molar-refractivity contribution in [2.75, 3.05) is 5.32 Å². The van der Waals surface area contributed by atoms with Gasteiger partial charge in [-0.05, 0) is 49.2 Å². The van der Waals surface area contributed by atoms with Crippen molar-refractivity contribution in [3.63, 3.8) is 0 Å². The zero-order valence-corrected chi connectivity index (χ0v) is 11.5. The van der Waals surface area contributed by atoms with Gasteiger partial charge in [-0.3, -0.25) is 0 Å². The second kappa shape index (κ2) is 4.63. The fourth-order valence-electron chi connectivity index (χ4n) is 1.88. The first-order valence-corrected chi connectivity index (χ1v) is 6.84. The molecular weight excluding hydrogens is 259 g/mol. The predicted molar refractivity (Wildman–Crippen MR) is 78.8 cm³/mol. The predicted octanol–water partition coefficient (Wildman–Crippen LogP) is 4.80. The monoisotopic (exact) mass is 272 g/mol. The molecule has 0 atom stereocenters. The summed E-state index contributed by atoms with van der Waals surface area (Å²) in [7, 11) is 0. The molecule has 96 valence electrons. The van der Waals surface area contributed by atoms with Crippen LogP contribution in [0.4, 0.5) is 15.2 Å². The summed E-state index contributed by atoms with van der Waals surface area (Å²) in [6, 6.07) is 11.3. The highest BCUT2D eigenvalue weighted by molar-refractivity contribution is 7.22. The molecule has 0 unspecified atom stereocenters. The second-order valence-electron chi connectivity index (χ2n) is 4.58. The number of aromatic nitrogens is 1. The van der Waals surface area contributed by atoms with Crippen molar-refractivity contribution < 1.29 is 4.39 Å². The molecule has 0 aliphatic rings. The lowest BCUT2D eigenvalue weighted by Crippen LogP contribution is -1.91. The first kappa shape index (κ1) is 12.1. The average molecular weight is 272 g/mol. The molecule has 2 nitrogen and oxygen atoms in total. The summed E-state index contributed by atoms with van der Waals surface area (Å²) in [5.74, 6) is -0.207. The summed E-state index contributed by atoms with van der Waals surface area (Å²) in [6.07, 6.45) is 0. The second-order valence-corrected chi connectivity index (χ2v) is 5.61. The molecule has 0 spiro atoms. The highest BCUT2D eigenvalue weighted by Gasteiger charge is 2.05. The Hall–Kier alpha value is -1.94. The number of thiazole rings is 1. The molecule has 1 N–H and O–H groups in total. The third-order valence-electron chi connectivity index (χ3n) is 2.97. The molecule has 0 aliphatic carbocycles. The van der Waals surface area contributed by atoms with E-state index < -0.39 is 0 Å². The minimum absolute atomic E-state index is 0.207. The van der Waals surface area contributed by atoms with Crippen LogP contribution in [0.1, 0.15) is 11.1 Å². The lowest BCUT2D eigenvalue weighted by Gasteiger charge is -2.03. The number of aryl methyl sites for hydroxylation is 2. The van der Waals surface area contributed by atoms with Gasteiger partial charge in [0.15, 0.2) is 5.13 Å². The van der Waals surface area contributed by atoms with E-state index >= 15 is 0 Å². The molecule has 19 heavy (non-hydrogen) atoms. The van der Waals surface area contributed by atoms with E-state index in [2.05, 4.69) is 23.3 Å². The first-order chi connectivity index (χ1) is 9.11. The minimum atomic E-state index is -0.207. The van der Waals surface area contributed by atoms with E-state index in [-0.39, 0.29) is 5.82 Å². The average Bonchev–Trinajstić information content (AvgIpc) is 2.75. The molecule has 0 aliphatic heterocycles. The summed E-state index contributed by atoms with van der Waals surface area (Å²) in [4.78, 5) is 4.49. The number of nitrogens with zero attached hydrogens (tertiary/aromatic N) is 1. The van der Waals surface area contributed by atoms with Gasteiger partial charge in [0.25, 0.3) is 0 Å². The van der Waals surface area contributed by atoms with Crippen LogP contribution in [0.15, 0.2) is 36.4 Å². The smallest absolute Gasteiger partial charge is 0.188 e. The van der Waals surface area contributed by atoms with Crippen molar-refractivity contribution in [1.29, 1.82) is 0 Å². The van der Waals surface area contributed by atoms with Gasteiger partial charge in [-0.2, -0.15) is 0 Å². The maximum atomic E-state index is 13.5. The van der Waals surface area contributed by atoms with Gasteiger partial charge in [0.1, 0.15) is 5.82 Å². The number of rotatable bonds is 2. The van der Waals surface area contributed by atoms with Crippen LogP contribution in [-0.4, -0.2) is 4.98 Å². The van der Waals surface area contributed by atoms with Gasteiger partial charge >= 0.3 is 0 Å². The van der Waals surface area contributed by atoms with Gasteiger partial charge in [0.2, 0.25) is 0 Å². The summed E-state index contributed by atoms with van der Waals surface area (Å²) >= 11 is 1.57. The third-order valence-corrected chi connectivity index (χ3v) is 3.90. The Morgan fingerprint density at radius 2 is 1.95 bits per heavy atom. The quantitative estimate of drug-likeness (QED) is 0.725. The van der Waals surface area contributed by atoms with Crippen molar-refractivity contribution in [2.45, 2.75) is 13.8 Å². The molecule has 2 aromatic carbocycles. The zero-order chi connectivity index (χ0) is 13.4. The van der Waals surface area contributed by atoms with Crippen LogP contribution in [0.5, 0.6) is 0 Å². The molecule has 0 saturated carbocycles. The Morgan fingerprint density at radius 1 is 1.11 bits per heavy atom. The highest BCUT2D eigenvalue weighted by atomic mass is 32.1. The molecule has 0 radical (unpaired) electrons. The Bertz CT molecular complexity index is 749. The van der Waals surface area contributed by atoms with Crippen molar-refractivity contribution in [1.82, 2.24) is 4.98 Å². The van der Waals surface area contributed by atoms with Crippen molar-refractivity contribution in [3.05, 3.63) is 53.3 Å². The Labute approximate surface area is 114 Å². The van der Waals surface area contributed by atoms with E-state index in [0.29, 0.717) is 5.56 Å². The number of fused-ring (bicyclic) bond motifs is 1. The van der Waals surface area contributed by atoms with Crippen molar-refractivity contribution in [2.24, 2.45) is 0 Å². The van der Waals surface area contributed by atoms with Gasteiger partial charge in [-0.15, -0.1) is 0 Å². The van der Waals surface area contributed by atoms with Crippen molar-refractivity contribution in [3.8, 4) is 0 Å². The molecule has 1 aromatic heterocycles. The van der Waals surface area contributed by atoms with Gasteiger partial charge in [0.05, 0.1) is 10.2 Å². The zero-order valence-electron chi connectivity index (χ0n) is 10.7. The Morgan fingerprint density at radius 3 is 2.74 bits per heavy atom. The maximum absolute atomic E-state index is 13.5. The minimum Gasteiger partial charge on any atom is -0.331 e. The van der Waals surface area contributed by atoms with Gasteiger partial charge in [-0.1, -0.05) is 23.5 Å². The number of benzene rings is 2. The van der Waals surface area contributed by atoms with Crippen LogP contribution in [0.25, 0.3) is 10.2 Å². The Balaban J connectivity index is 1.94. The molecule has 0 bridgehead atoms. The van der Waals surface area contributed by atoms with E-state index in [1.165, 1.54) is 11.6 Å². The number of nitrogens with one attached hydrogen (secondary N) is 1.